The third-order valence-electron chi connectivity index (χ3n) is 5.68. The van der Waals surface area contributed by atoms with Crippen LogP contribution in [0, 0.1) is 5.41 Å². The molecule has 0 aromatic carbocycles. The van der Waals surface area contributed by atoms with Gasteiger partial charge in [-0.2, -0.15) is 13.5 Å². The van der Waals surface area contributed by atoms with Crippen LogP contribution in [0.25, 0.3) is 0 Å². The number of urea groups is 1. The van der Waals surface area contributed by atoms with Crippen LogP contribution in [0.15, 0.2) is 0 Å². The number of nitrogens with zero attached hydrogens (tertiary/aromatic N) is 3. The number of amides is 3. The number of nitrogens with one attached hydrogen (secondary N) is 1. The second-order valence-electron chi connectivity index (χ2n) is 8.04. The molecule has 11 nitrogen and oxygen atoms in total. The van der Waals surface area contributed by atoms with Crippen molar-refractivity contribution in [1.82, 2.24) is 20.3 Å². The van der Waals surface area contributed by atoms with Crippen LogP contribution in [-0.2, 0) is 24.3 Å². The van der Waals surface area contributed by atoms with Crippen LogP contribution in [0.3, 0.4) is 0 Å². The largest absolute Gasteiger partial charge is 0.418 e. The van der Waals surface area contributed by atoms with E-state index in [2.05, 4.69) is 14.7 Å². The highest BCUT2D eigenvalue weighted by atomic mass is 32.3. The van der Waals surface area contributed by atoms with Gasteiger partial charge in [0.25, 0.3) is 5.91 Å². The molecular formula is C15H26N4O7S. The van der Waals surface area contributed by atoms with Gasteiger partial charge in [0.05, 0.1) is 12.6 Å². The fraction of sp³-hybridized carbons (Fsp3) is 0.867. The Morgan fingerprint density at radius 2 is 2.11 bits per heavy atom. The molecule has 27 heavy (non-hydrogen) atoms. The van der Waals surface area contributed by atoms with E-state index in [1.807, 2.05) is 20.9 Å². The van der Waals surface area contributed by atoms with Crippen molar-refractivity contribution in [2.75, 3.05) is 26.7 Å². The van der Waals surface area contributed by atoms with Gasteiger partial charge in [-0.3, -0.25) is 14.2 Å². The van der Waals surface area contributed by atoms with E-state index in [1.165, 1.54) is 4.90 Å². The van der Waals surface area contributed by atoms with Gasteiger partial charge in [0, 0.05) is 12.6 Å². The van der Waals surface area contributed by atoms with Crippen molar-refractivity contribution in [1.29, 1.82) is 0 Å². The molecule has 0 aliphatic carbocycles. The van der Waals surface area contributed by atoms with Crippen LogP contribution in [0.5, 0.6) is 0 Å². The quantitative estimate of drug-likeness (QED) is 0.457. The molecule has 3 rings (SSSR count). The molecule has 0 spiro atoms. The Bertz CT molecular complexity index is 713. The summed E-state index contributed by atoms with van der Waals surface area (Å²) < 4.78 is 35.5. The molecule has 0 aromatic rings. The van der Waals surface area contributed by atoms with Gasteiger partial charge in [0.15, 0.2) is 0 Å². The molecule has 12 heteroatoms. The molecule has 3 aliphatic rings. The third kappa shape index (κ3) is 4.19. The highest BCUT2D eigenvalue weighted by molar-refractivity contribution is 7.80. The molecule has 2 N–H and O–H groups in total. The summed E-state index contributed by atoms with van der Waals surface area (Å²) in [4.78, 5) is 33.9. The summed E-state index contributed by atoms with van der Waals surface area (Å²) >= 11 is 0. The molecule has 1 unspecified atom stereocenters. The number of hydrogen-bond donors (Lipinski definition) is 2. The minimum absolute atomic E-state index is 0.116. The highest BCUT2D eigenvalue weighted by Gasteiger charge is 2.57. The summed E-state index contributed by atoms with van der Waals surface area (Å²) in [5.74, 6) is -0.468. The lowest BCUT2D eigenvalue weighted by Gasteiger charge is -2.40. The molecule has 0 aromatic heterocycles. The number of rotatable bonds is 6. The van der Waals surface area contributed by atoms with E-state index in [1.54, 1.807) is 0 Å². The first-order chi connectivity index (χ1) is 12.5. The molecule has 3 atom stereocenters. The maximum Gasteiger partial charge on any atom is 0.418 e. The molecule has 3 saturated heterocycles. The smallest absolute Gasteiger partial charge is 0.309 e. The first kappa shape index (κ1) is 20.3. The van der Waals surface area contributed by atoms with Gasteiger partial charge in [-0.15, -0.1) is 4.28 Å². The van der Waals surface area contributed by atoms with Gasteiger partial charge in [-0.25, -0.2) is 10.3 Å². The first-order valence-corrected chi connectivity index (χ1v) is 10.2. The van der Waals surface area contributed by atoms with Gasteiger partial charge in [0.1, 0.15) is 6.04 Å². The number of hydroxylamine groups is 3. The Labute approximate surface area is 158 Å². The van der Waals surface area contributed by atoms with Crippen molar-refractivity contribution in [2.45, 2.75) is 51.2 Å². The zero-order chi connectivity index (χ0) is 20.0. The molecule has 3 heterocycles. The molecule has 3 aliphatic heterocycles. The van der Waals surface area contributed by atoms with Crippen molar-refractivity contribution < 1.29 is 31.7 Å². The standard InChI is InChI=1S/C15H26N4O7S/c1-15(2)7-11(13(20)16-25-9-10-5-4-6-17(10)3)18-8-12(15)19(14(18)21)26-27(22,23)24/h10-12H,4-9H2,1-3H3,(H,16,20)(H,22,23,24)/t10?,11-,12-/m0/s1. The summed E-state index contributed by atoms with van der Waals surface area (Å²) in [6.07, 6.45) is 2.38. The fourth-order valence-electron chi connectivity index (χ4n) is 4.05. The number of fused-ring (bicyclic) bond motifs is 2. The minimum Gasteiger partial charge on any atom is -0.309 e. The number of likely N-dealkylation sites (N-methyl/N-ethyl adjacent to an activating group) is 1. The average Bonchev–Trinajstić information content (AvgIpc) is 3.07. The Morgan fingerprint density at radius 3 is 2.70 bits per heavy atom. The number of piperidine rings is 1. The lowest BCUT2D eigenvalue weighted by atomic mass is 9.76. The predicted octanol–water partition coefficient (Wildman–Crippen LogP) is -0.232. The maximum absolute atomic E-state index is 12.6. The summed E-state index contributed by atoms with van der Waals surface area (Å²) in [6.45, 7) is 5.08. The third-order valence-corrected chi connectivity index (χ3v) is 6.03. The van der Waals surface area contributed by atoms with E-state index < -0.39 is 39.8 Å². The first-order valence-electron chi connectivity index (χ1n) is 8.88. The van der Waals surface area contributed by atoms with E-state index in [4.69, 9.17) is 9.39 Å². The zero-order valence-corrected chi connectivity index (χ0v) is 16.4. The zero-order valence-electron chi connectivity index (χ0n) is 15.6. The summed E-state index contributed by atoms with van der Waals surface area (Å²) in [5.41, 5.74) is 1.81. The molecule has 154 valence electrons. The lowest BCUT2D eigenvalue weighted by Crippen LogP contribution is -2.54. The van der Waals surface area contributed by atoms with E-state index in [-0.39, 0.29) is 12.6 Å². The van der Waals surface area contributed by atoms with E-state index in [0.29, 0.717) is 18.1 Å². The predicted molar refractivity (Wildman–Crippen MR) is 92.3 cm³/mol. The van der Waals surface area contributed by atoms with Crippen LogP contribution >= 0.6 is 0 Å². The van der Waals surface area contributed by atoms with Crippen LogP contribution in [0.4, 0.5) is 4.79 Å². The van der Waals surface area contributed by atoms with Crippen molar-refractivity contribution in [3.05, 3.63) is 0 Å². The number of carbonyl (C=O) groups excluding carboxylic acids is 2. The highest BCUT2D eigenvalue weighted by Crippen LogP contribution is 2.42. The van der Waals surface area contributed by atoms with E-state index >= 15 is 0 Å². The van der Waals surface area contributed by atoms with Gasteiger partial charge < -0.3 is 9.80 Å². The number of likely N-dealkylation sites (tertiary alicyclic amines) is 1. The summed E-state index contributed by atoms with van der Waals surface area (Å²) in [6, 6.07) is -1.97. The van der Waals surface area contributed by atoms with Crippen LogP contribution in [-0.4, -0.2) is 84.6 Å². The molecule has 0 radical (unpaired) electrons. The van der Waals surface area contributed by atoms with Gasteiger partial charge >= 0.3 is 16.4 Å². The molecule has 3 fully saturated rings. The topological polar surface area (TPSA) is 129 Å². The SMILES string of the molecule is CN1CCCC1CONC(=O)[C@@H]1CC(C)(C)[C@@H]2CN1C(=O)N2OS(=O)(=O)O. The normalized spacial score (nSPS) is 30.8. The monoisotopic (exact) mass is 406 g/mol. The Hall–Kier alpha value is -1.47. The van der Waals surface area contributed by atoms with Gasteiger partial charge in [-0.05, 0) is 38.3 Å². The minimum atomic E-state index is -4.85. The number of hydrogen-bond acceptors (Lipinski definition) is 7. The lowest BCUT2D eigenvalue weighted by molar-refractivity contribution is -0.142. The Kier molecular flexibility index (Phi) is 5.38. The number of carbonyl (C=O) groups is 2. The molecular weight excluding hydrogens is 380 g/mol. The summed E-state index contributed by atoms with van der Waals surface area (Å²) in [5, 5.41) is 0.636. The summed E-state index contributed by atoms with van der Waals surface area (Å²) in [7, 11) is -2.85. The molecule has 3 amide bonds. The van der Waals surface area contributed by atoms with Gasteiger partial charge in [0.2, 0.25) is 0 Å². The van der Waals surface area contributed by atoms with E-state index in [9.17, 15) is 18.0 Å². The maximum atomic E-state index is 12.6. The van der Waals surface area contributed by atoms with Crippen molar-refractivity contribution in [3.63, 3.8) is 0 Å². The van der Waals surface area contributed by atoms with Crippen LogP contribution < -0.4 is 5.48 Å². The van der Waals surface area contributed by atoms with Crippen molar-refractivity contribution in [3.8, 4) is 0 Å². The fourth-order valence-corrected chi connectivity index (χ4v) is 4.43. The van der Waals surface area contributed by atoms with Crippen molar-refractivity contribution in [2.24, 2.45) is 5.41 Å². The van der Waals surface area contributed by atoms with Crippen LogP contribution in [0.1, 0.15) is 33.1 Å². The Morgan fingerprint density at radius 1 is 1.41 bits per heavy atom. The van der Waals surface area contributed by atoms with Crippen LogP contribution in [0.2, 0.25) is 0 Å². The second kappa shape index (κ2) is 7.17. The Balaban J connectivity index is 1.64. The average molecular weight is 406 g/mol. The van der Waals surface area contributed by atoms with E-state index in [0.717, 1.165) is 19.4 Å². The van der Waals surface area contributed by atoms with Gasteiger partial charge in [-0.1, -0.05) is 13.8 Å². The van der Waals surface area contributed by atoms with Crippen molar-refractivity contribution >= 4 is 22.3 Å². The molecule has 0 saturated carbocycles. The molecule has 2 bridgehead atoms. The second-order valence-corrected chi connectivity index (χ2v) is 9.05.